The Morgan fingerprint density at radius 3 is 2.55 bits per heavy atom. The van der Waals surface area contributed by atoms with Crippen LogP contribution in [0.5, 0.6) is 0 Å². The van der Waals surface area contributed by atoms with Crippen LogP contribution in [0.3, 0.4) is 0 Å². The van der Waals surface area contributed by atoms with Crippen LogP contribution in [0.15, 0.2) is 34.7 Å². The summed E-state index contributed by atoms with van der Waals surface area (Å²) >= 11 is 0. The van der Waals surface area contributed by atoms with Gasteiger partial charge in [0.25, 0.3) is 0 Å². The number of furan rings is 1. The van der Waals surface area contributed by atoms with Crippen LogP contribution in [0.2, 0.25) is 0 Å². The lowest BCUT2D eigenvalue weighted by Gasteiger charge is -2.18. The molecule has 22 heavy (non-hydrogen) atoms. The zero-order valence-corrected chi connectivity index (χ0v) is 13.4. The van der Waals surface area contributed by atoms with Gasteiger partial charge in [-0.15, -0.1) is 0 Å². The van der Waals surface area contributed by atoms with Crippen molar-refractivity contribution in [2.75, 3.05) is 6.54 Å². The van der Waals surface area contributed by atoms with Gasteiger partial charge in [0.05, 0.1) is 12.6 Å². The summed E-state index contributed by atoms with van der Waals surface area (Å²) in [6.07, 6.45) is 0. The Balaban J connectivity index is 1.92. The largest absolute Gasteiger partial charge is 0.459 e. The monoisotopic (exact) mass is 302 g/mol. The van der Waals surface area contributed by atoms with E-state index >= 15 is 0 Å². The van der Waals surface area contributed by atoms with Crippen molar-refractivity contribution in [3.63, 3.8) is 0 Å². The Labute approximate surface area is 130 Å². The summed E-state index contributed by atoms with van der Waals surface area (Å²) in [7, 11) is 0. The molecule has 2 aromatic rings. The average molecular weight is 302 g/mol. The van der Waals surface area contributed by atoms with Crippen molar-refractivity contribution in [1.29, 1.82) is 0 Å². The molecule has 0 saturated carbocycles. The van der Waals surface area contributed by atoms with Gasteiger partial charge in [-0.1, -0.05) is 39.0 Å². The van der Waals surface area contributed by atoms with Gasteiger partial charge in [-0.25, -0.2) is 0 Å². The van der Waals surface area contributed by atoms with Crippen LogP contribution in [0.4, 0.5) is 0 Å². The summed E-state index contributed by atoms with van der Waals surface area (Å²) in [6, 6.07) is 9.34. The van der Waals surface area contributed by atoms with Gasteiger partial charge in [0.1, 0.15) is 11.3 Å². The van der Waals surface area contributed by atoms with Crippen molar-refractivity contribution in [2.45, 2.75) is 33.7 Å². The van der Waals surface area contributed by atoms with Gasteiger partial charge in [0, 0.05) is 10.8 Å². The normalized spacial score (nSPS) is 12.9. The highest BCUT2D eigenvalue weighted by atomic mass is 16.3. The van der Waals surface area contributed by atoms with E-state index in [1.54, 1.807) is 20.8 Å². The molecular weight excluding hydrogens is 280 g/mol. The molecule has 1 aromatic heterocycles. The second-order valence-corrected chi connectivity index (χ2v) is 6.41. The van der Waals surface area contributed by atoms with E-state index in [9.17, 15) is 9.59 Å². The van der Waals surface area contributed by atoms with Crippen molar-refractivity contribution in [1.82, 2.24) is 10.6 Å². The number of amides is 2. The van der Waals surface area contributed by atoms with Crippen molar-refractivity contribution < 1.29 is 14.0 Å². The molecule has 0 saturated heterocycles. The van der Waals surface area contributed by atoms with Crippen molar-refractivity contribution >= 4 is 22.8 Å². The van der Waals surface area contributed by atoms with E-state index in [0.717, 1.165) is 11.0 Å². The van der Waals surface area contributed by atoms with E-state index in [1.165, 1.54) is 0 Å². The molecule has 2 N–H and O–H groups in total. The van der Waals surface area contributed by atoms with E-state index in [4.69, 9.17) is 4.42 Å². The first-order valence-corrected chi connectivity index (χ1v) is 7.33. The Morgan fingerprint density at radius 2 is 1.91 bits per heavy atom. The van der Waals surface area contributed by atoms with Crippen molar-refractivity contribution in [3.8, 4) is 0 Å². The van der Waals surface area contributed by atoms with Gasteiger partial charge < -0.3 is 15.1 Å². The van der Waals surface area contributed by atoms with Crippen LogP contribution in [0.1, 0.15) is 39.5 Å². The first-order chi connectivity index (χ1) is 10.3. The minimum atomic E-state index is -0.509. The maximum Gasteiger partial charge on any atom is 0.239 e. The number of nitrogens with one attached hydrogen (secondary N) is 2. The Hall–Kier alpha value is -2.30. The number of benzene rings is 1. The molecular formula is C17H22N2O3. The third kappa shape index (κ3) is 3.87. The summed E-state index contributed by atoms with van der Waals surface area (Å²) in [5.74, 6) is 0.293. The topological polar surface area (TPSA) is 71.3 Å². The quantitative estimate of drug-likeness (QED) is 0.912. The number of carbonyl (C=O) groups is 2. The summed E-state index contributed by atoms with van der Waals surface area (Å²) in [5.41, 5.74) is 0.282. The van der Waals surface area contributed by atoms with Crippen LogP contribution in [0, 0.1) is 5.41 Å². The Morgan fingerprint density at radius 1 is 1.23 bits per heavy atom. The zero-order valence-electron chi connectivity index (χ0n) is 13.4. The van der Waals surface area contributed by atoms with Crippen LogP contribution >= 0.6 is 0 Å². The molecule has 0 aliphatic rings. The van der Waals surface area contributed by atoms with Crippen LogP contribution in [0.25, 0.3) is 11.0 Å². The number of rotatable bonds is 4. The van der Waals surface area contributed by atoms with Crippen LogP contribution < -0.4 is 10.6 Å². The Kier molecular flexibility index (Phi) is 4.54. The van der Waals surface area contributed by atoms with Crippen LogP contribution in [-0.2, 0) is 9.59 Å². The molecule has 2 rings (SSSR count). The Bertz CT molecular complexity index is 650. The van der Waals surface area contributed by atoms with Gasteiger partial charge in [0.15, 0.2) is 0 Å². The van der Waals surface area contributed by atoms with Crippen LogP contribution in [-0.4, -0.2) is 18.4 Å². The zero-order chi connectivity index (χ0) is 16.3. The second kappa shape index (κ2) is 6.22. The summed E-state index contributed by atoms with van der Waals surface area (Å²) in [4.78, 5) is 23.6. The summed E-state index contributed by atoms with van der Waals surface area (Å²) in [5, 5.41) is 6.44. The predicted octanol–water partition coefficient (Wildman–Crippen LogP) is 2.77. The molecule has 1 unspecified atom stereocenters. The maximum absolute atomic E-state index is 11.9. The number of fused-ring (bicyclic) bond motifs is 1. The number of carbonyl (C=O) groups excluding carboxylic acids is 2. The van der Waals surface area contributed by atoms with Crippen molar-refractivity contribution in [2.24, 2.45) is 5.41 Å². The van der Waals surface area contributed by atoms with E-state index < -0.39 is 5.41 Å². The first kappa shape index (κ1) is 16.1. The van der Waals surface area contributed by atoms with E-state index in [1.807, 2.05) is 37.3 Å². The number of para-hydroxylation sites is 1. The lowest BCUT2D eigenvalue weighted by Crippen LogP contribution is -2.42. The molecule has 5 nitrogen and oxygen atoms in total. The van der Waals surface area contributed by atoms with E-state index in [2.05, 4.69) is 10.6 Å². The van der Waals surface area contributed by atoms with Gasteiger partial charge in [-0.3, -0.25) is 9.59 Å². The summed E-state index contributed by atoms with van der Waals surface area (Å²) in [6.45, 7) is 7.22. The van der Waals surface area contributed by atoms with Gasteiger partial charge >= 0.3 is 0 Å². The molecule has 0 aliphatic carbocycles. The predicted molar refractivity (Wildman–Crippen MR) is 85.2 cm³/mol. The first-order valence-electron chi connectivity index (χ1n) is 7.33. The SMILES string of the molecule is CC(NC(=O)CNC(=O)C(C)(C)C)c1cc2ccccc2o1. The maximum atomic E-state index is 11.9. The molecule has 0 radical (unpaired) electrons. The lowest BCUT2D eigenvalue weighted by atomic mass is 9.96. The number of hydrogen-bond donors (Lipinski definition) is 2. The summed E-state index contributed by atoms with van der Waals surface area (Å²) < 4.78 is 5.71. The average Bonchev–Trinajstić information content (AvgIpc) is 2.87. The second-order valence-electron chi connectivity index (χ2n) is 6.41. The third-order valence-corrected chi connectivity index (χ3v) is 3.34. The fraction of sp³-hybridized carbons (Fsp3) is 0.412. The minimum Gasteiger partial charge on any atom is -0.459 e. The highest BCUT2D eigenvalue weighted by molar-refractivity contribution is 5.87. The van der Waals surface area contributed by atoms with Gasteiger partial charge in [-0.05, 0) is 19.1 Å². The third-order valence-electron chi connectivity index (χ3n) is 3.34. The molecule has 0 bridgehead atoms. The minimum absolute atomic E-state index is 0.0410. The molecule has 1 aromatic carbocycles. The fourth-order valence-corrected chi connectivity index (χ4v) is 2.01. The van der Waals surface area contributed by atoms with E-state index in [-0.39, 0.29) is 24.4 Å². The fourth-order valence-electron chi connectivity index (χ4n) is 2.01. The standard InChI is InChI=1S/C17H22N2O3/c1-11(14-9-12-7-5-6-8-13(12)22-14)19-15(20)10-18-16(21)17(2,3)4/h5-9,11H,10H2,1-4H3,(H,18,21)(H,19,20). The number of hydrogen-bond acceptors (Lipinski definition) is 3. The smallest absolute Gasteiger partial charge is 0.239 e. The molecule has 1 heterocycles. The molecule has 118 valence electrons. The lowest BCUT2D eigenvalue weighted by molar-refractivity contribution is -0.131. The van der Waals surface area contributed by atoms with Crippen molar-refractivity contribution in [3.05, 3.63) is 36.1 Å². The molecule has 0 aliphatic heterocycles. The molecule has 0 fully saturated rings. The van der Waals surface area contributed by atoms with Gasteiger partial charge in [-0.2, -0.15) is 0 Å². The van der Waals surface area contributed by atoms with Gasteiger partial charge in [0.2, 0.25) is 11.8 Å². The highest BCUT2D eigenvalue weighted by Crippen LogP contribution is 2.23. The highest BCUT2D eigenvalue weighted by Gasteiger charge is 2.22. The molecule has 5 heteroatoms. The molecule has 1 atom stereocenters. The van der Waals surface area contributed by atoms with E-state index in [0.29, 0.717) is 5.76 Å². The molecule has 2 amide bonds. The molecule has 0 spiro atoms.